The number of hydrogen-bond donors (Lipinski definition) is 2. The molecule has 1 aliphatic carbocycles. The first-order valence-corrected chi connectivity index (χ1v) is 15.9. The lowest BCUT2D eigenvalue weighted by Crippen LogP contribution is -2.48. The van der Waals surface area contributed by atoms with Gasteiger partial charge in [-0.25, -0.2) is 28.3 Å². The summed E-state index contributed by atoms with van der Waals surface area (Å²) in [5.41, 5.74) is 4.99. The number of amides is 1. The second-order valence-corrected chi connectivity index (χ2v) is 13.1. The zero-order valence-corrected chi connectivity index (χ0v) is 24.7. The Bertz CT molecular complexity index is 1240. The van der Waals surface area contributed by atoms with Crippen LogP contribution in [0.4, 0.5) is 10.5 Å². The Morgan fingerprint density at radius 2 is 1.78 bits per heavy atom. The predicted molar refractivity (Wildman–Crippen MR) is 159 cm³/mol. The third-order valence-corrected chi connectivity index (χ3v) is 9.81. The first kappa shape index (κ1) is 31.0. The molecule has 4 rings (SSSR count). The highest BCUT2D eigenvalue weighted by Crippen LogP contribution is 2.42. The fourth-order valence-corrected chi connectivity index (χ4v) is 6.89. The number of rotatable bonds is 12. The quantitative estimate of drug-likeness (QED) is 0.212. The molecule has 0 bridgehead atoms. The van der Waals surface area contributed by atoms with E-state index in [9.17, 15) is 13.2 Å². The molecule has 1 saturated carbocycles. The van der Waals surface area contributed by atoms with E-state index in [1.807, 2.05) is 6.07 Å². The molecule has 3 atom stereocenters. The number of nitrogens with one attached hydrogen (secondary N) is 1. The smallest absolute Gasteiger partial charge is 0.410 e. The van der Waals surface area contributed by atoms with Gasteiger partial charge in [0.25, 0.3) is 0 Å². The highest BCUT2D eigenvalue weighted by molar-refractivity contribution is 7.88. The van der Waals surface area contributed by atoms with E-state index in [0.29, 0.717) is 24.1 Å². The van der Waals surface area contributed by atoms with Crippen molar-refractivity contribution in [2.45, 2.75) is 50.3 Å². The predicted octanol–water partition coefficient (Wildman–Crippen LogP) is 4.55. The zero-order chi connectivity index (χ0) is 29.4. The molecule has 10 nitrogen and oxygen atoms in total. The largest absolute Gasteiger partial charge is 0.445 e. The van der Waals surface area contributed by atoms with Crippen molar-refractivity contribution in [3.8, 4) is 0 Å². The molecule has 11 heteroatoms. The average Bonchev–Trinajstić information content (AvgIpc) is 3.39. The second-order valence-electron chi connectivity index (χ2n) is 11.1. The number of benzene rings is 2. The number of carbonyl (C=O) groups excluding carboxylic acids is 1. The van der Waals surface area contributed by atoms with Crippen LogP contribution in [-0.2, 0) is 26.4 Å². The molecular formula is C30H42N4O6S. The van der Waals surface area contributed by atoms with Crippen LogP contribution in [-0.4, -0.2) is 85.4 Å². The third kappa shape index (κ3) is 8.30. The average molecular weight is 587 g/mol. The topological polar surface area (TPSA) is 112 Å². The monoisotopic (exact) mass is 586 g/mol. The van der Waals surface area contributed by atoms with Crippen LogP contribution in [0.5, 0.6) is 0 Å². The van der Waals surface area contributed by atoms with Gasteiger partial charge in [0.15, 0.2) is 0 Å². The van der Waals surface area contributed by atoms with Crippen molar-refractivity contribution in [3.05, 3.63) is 78.4 Å². The summed E-state index contributed by atoms with van der Waals surface area (Å²) < 4.78 is 31.7. The molecule has 2 N–H and O–H groups in total. The van der Waals surface area contributed by atoms with Crippen molar-refractivity contribution in [2.24, 2.45) is 5.92 Å². The van der Waals surface area contributed by atoms with Crippen LogP contribution >= 0.6 is 0 Å². The number of piperidine rings is 1. The van der Waals surface area contributed by atoms with Crippen LogP contribution in [0.25, 0.3) is 0 Å². The first-order valence-electron chi connectivity index (χ1n) is 14.1. The van der Waals surface area contributed by atoms with Crippen molar-refractivity contribution < 1.29 is 28.2 Å². The summed E-state index contributed by atoms with van der Waals surface area (Å²) in [5, 5.41) is 8.48. The van der Waals surface area contributed by atoms with Crippen LogP contribution in [0.2, 0.25) is 0 Å². The molecule has 2 aromatic carbocycles. The normalized spacial score (nSPS) is 22.0. The summed E-state index contributed by atoms with van der Waals surface area (Å²) in [6.45, 7) is 7.01. The molecule has 2 fully saturated rings. The Morgan fingerprint density at radius 1 is 1.10 bits per heavy atom. The summed E-state index contributed by atoms with van der Waals surface area (Å²) in [5.74, 6) is 0.652. The van der Waals surface area contributed by atoms with Gasteiger partial charge < -0.3 is 14.5 Å². The summed E-state index contributed by atoms with van der Waals surface area (Å²) in [6, 6.07) is 17.5. The van der Waals surface area contributed by atoms with Crippen molar-refractivity contribution in [1.82, 2.24) is 14.1 Å². The van der Waals surface area contributed by atoms with Gasteiger partial charge in [-0.3, -0.25) is 0 Å². The van der Waals surface area contributed by atoms with E-state index < -0.39 is 10.0 Å². The lowest BCUT2D eigenvalue weighted by molar-refractivity contribution is -0.215. The molecule has 1 amide bonds. The lowest BCUT2D eigenvalue weighted by atomic mass is 9.88. The maximum absolute atomic E-state index is 13.0. The molecule has 2 aromatic rings. The standard InChI is InChI=1S/C30H42N4O6S/c1-4-16-34(30(35)39-22-23-10-12-26(13-11-23)31-40-36)27-14-17-33(18-15-27)21-25-19-28(32(2)41(3,37)38)20-29(25)24-8-6-5-7-9-24/h4-13,25,27-29,31,36H,1,14-22H2,2-3H3/t25-,28?,29-/m1/s1. The third-order valence-electron chi connectivity index (χ3n) is 8.47. The fraction of sp³-hybridized carbons (Fsp3) is 0.500. The van der Waals surface area contributed by atoms with Crippen molar-refractivity contribution in [2.75, 3.05) is 45.0 Å². The molecule has 0 aromatic heterocycles. The number of likely N-dealkylation sites (tertiary alicyclic amines) is 1. The number of nitrogens with zero attached hydrogens (tertiary/aromatic N) is 3. The molecule has 1 heterocycles. The van der Waals surface area contributed by atoms with Crippen LogP contribution in [0, 0.1) is 5.92 Å². The minimum absolute atomic E-state index is 0.00826. The highest BCUT2D eigenvalue weighted by atomic mass is 32.2. The zero-order valence-electron chi connectivity index (χ0n) is 23.9. The Hall–Kier alpha value is -2.96. The molecule has 41 heavy (non-hydrogen) atoms. The minimum Gasteiger partial charge on any atom is -0.445 e. The van der Waals surface area contributed by atoms with Crippen LogP contribution in [0.15, 0.2) is 67.3 Å². The van der Waals surface area contributed by atoms with Gasteiger partial charge >= 0.3 is 6.09 Å². The number of ether oxygens (including phenoxy) is 1. The summed E-state index contributed by atoms with van der Waals surface area (Å²) >= 11 is 0. The minimum atomic E-state index is -3.26. The second kappa shape index (κ2) is 14.3. The van der Waals surface area contributed by atoms with E-state index in [4.69, 9.17) is 9.99 Å². The number of carbonyl (C=O) groups is 1. The van der Waals surface area contributed by atoms with E-state index in [0.717, 1.165) is 50.9 Å². The molecule has 0 spiro atoms. The van der Waals surface area contributed by atoms with Gasteiger partial charge in [-0.15, -0.1) is 11.6 Å². The Morgan fingerprint density at radius 3 is 2.39 bits per heavy atom. The van der Waals surface area contributed by atoms with Gasteiger partial charge in [0, 0.05) is 45.3 Å². The Balaban J connectivity index is 1.33. The molecule has 224 valence electrons. The molecule has 2 aliphatic rings. The van der Waals surface area contributed by atoms with Gasteiger partial charge in [0.05, 0.1) is 11.9 Å². The first-order chi connectivity index (χ1) is 19.7. The molecule has 1 aliphatic heterocycles. The van der Waals surface area contributed by atoms with Gasteiger partial charge in [0.2, 0.25) is 10.0 Å². The van der Waals surface area contributed by atoms with E-state index in [1.165, 1.54) is 11.8 Å². The fourth-order valence-electron chi connectivity index (χ4n) is 6.18. The molecule has 1 saturated heterocycles. The van der Waals surface area contributed by atoms with Crippen molar-refractivity contribution in [3.63, 3.8) is 0 Å². The number of hydrogen-bond acceptors (Lipinski definition) is 8. The maximum Gasteiger partial charge on any atom is 0.410 e. The van der Waals surface area contributed by atoms with Gasteiger partial charge in [-0.2, -0.15) is 0 Å². The van der Waals surface area contributed by atoms with Crippen LogP contribution in [0.1, 0.15) is 42.7 Å². The summed E-state index contributed by atoms with van der Waals surface area (Å²) in [6.07, 6.45) is 5.97. The Kier molecular flexibility index (Phi) is 10.8. The SMILES string of the molecule is C=CCN(C(=O)OCc1ccc(NOO)cc1)C1CCN(C[C@H]2CC(N(C)S(C)(=O)=O)C[C@@H]2c2ccccc2)CC1. The van der Waals surface area contributed by atoms with E-state index >= 15 is 0 Å². The van der Waals surface area contributed by atoms with Crippen molar-refractivity contribution in [1.29, 1.82) is 0 Å². The van der Waals surface area contributed by atoms with E-state index in [2.05, 4.69) is 46.2 Å². The lowest BCUT2D eigenvalue weighted by Gasteiger charge is -2.39. The Labute approximate surface area is 243 Å². The highest BCUT2D eigenvalue weighted by Gasteiger charge is 2.40. The molecule has 1 unspecified atom stereocenters. The summed E-state index contributed by atoms with van der Waals surface area (Å²) in [7, 11) is -1.56. The van der Waals surface area contributed by atoms with E-state index in [-0.39, 0.29) is 24.8 Å². The van der Waals surface area contributed by atoms with E-state index in [1.54, 1.807) is 46.6 Å². The van der Waals surface area contributed by atoms with Gasteiger partial charge in [0.1, 0.15) is 6.61 Å². The molecular weight excluding hydrogens is 544 g/mol. The van der Waals surface area contributed by atoms with Crippen LogP contribution < -0.4 is 5.48 Å². The number of sulfonamides is 1. The van der Waals surface area contributed by atoms with Gasteiger partial charge in [-0.05, 0) is 60.8 Å². The maximum atomic E-state index is 13.0. The molecule has 0 radical (unpaired) electrons. The van der Waals surface area contributed by atoms with Gasteiger partial charge in [-0.1, -0.05) is 48.5 Å². The summed E-state index contributed by atoms with van der Waals surface area (Å²) in [4.78, 5) is 21.2. The number of anilines is 1. The van der Waals surface area contributed by atoms with Crippen molar-refractivity contribution >= 4 is 21.8 Å². The van der Waals surface area contributed by atoms with Crippen LogP contribution in [0.3, 0.4) is 0 Å².